The molecule has 2 aromatic carbocycles. The molecule has 0 aliphatic carbocycles. The molecule has 0 atom stereocenters. The number of nitrogens with two attached hydrogens (primary N) is 1. The molecule has 1 amide bonds. The first-order valence-corrected chi connectivity index (χ1v) is 13.1. The largest absolute Gasteiger partial charge is 0.497 e. The van der Waals surface area contributed by atoms with Crippen molar-refractivity contribution in [1.82, 2.24) is 9.69 Å². The van der Waals surface area contributed by atoms with Crippen molar-refractivity contribution >= 4 is 62.3 Å². The monoisotopic (exact) mass is 541 g/mol. The molecular formula is C21H21Cl2N5O4S2. The Hall–Kier alpha value is -2.86. The number of guanidine groups is 1. The van der Waals surface area contributed by atoms with Gasteiger partial charge >= 0.3 is 0 Å². The Labute approximate surface area is 211 Å². The molecule has 1 aromatic heterocycles. The van der Waals surface area contributed by atoms with Crippen molar-refractivity contribution in [2.75, 3.05) is 18.1 Å². The molecule has 0 radical (unpaired) electrons. The fourth-order valence-corrected chi connectivity index (χ4v) is 5.02. The summed E-state index contributed by atoms with van der Waals surface area (Å²) in [4.78, 5) is 17.8. The van der Waals surface area contributed by atoms with Crippen LogP contribution in [0.3, 0.4) is 0 Å². The molecule has 0 aliphatic rings. The van der Waals surface area contributed by atoms with Crippen LogP contribution in [0.2, 0.25) is 10.0 Å². The number of methoxy groups -OCH3 is 1. The third-order valence-corrected chi connectivity index (χ3v) is 6.44. The summed E-state index contributed by atoms with van der Waals surface area (Å²) in [5.41, 5.74) is 8.26. The summed E-state index contributed by atoms with van der Waals surface area (Å²) in [6, 6.07) is 10.2. The predicted octanol–water partition coefficient (Wildman–Crippen LogP) is 4.05. The van der Waals surface area contributed by atoms with Gasteiger partial charge in [-0.25, -0.2) is 13.4 Å². The number of sulfonamides is 1. The Balaban J connectivity index is 1.75. The quantitative estimate of drug-likeness (QED) is 0.305. The molecule has 1 heterocycles. The summed E-state index contributed by atoms with van der Waals surface area (Å²) in [6.45, 7) is 1.85. The van der Waals surface area contributed by atoms with Gasteiger partial charge in [-0.15, -0.1) is 0 Å². The van der Waals surface area contributed by atoms with Gasteiger partial charge in [0.2, 0.25) is 10.0 Å². The number of halogens is 2. The zero-order valence-electron chi connectivity index (χ0n) is 18.3. The highest BCUT2D eigenvalue weighted by atomic mass is 35.5. The van der Waals surface area contributed by atoms with Crippen molar-refractivity contribution in [3.63, 3.8) is 0 Å². The first-order valence-electron chi connectivity index (χ1n) is 9.66. The van der Waals surface area contributed by atoms with Gasteiger partial charge in [-0.2, -0.15) is 4.37 Å². The Morgan fingerprint density at radius 2 is 1.82 bits per heavy atom. The van der Waals surface area contributed by atoms with E-state index < -0.39 is 15.9 Å². The van der Waals surface area contributed by atoms with Crippen LogP contribution in [-0.2, 0) is 16.6 Å². The van der Waals surface area contributed by atoms with Crippen LogP contribution >= 0.6 is 34.7 Å². The number of aliphatic imine (C=N–C) groups is 1. The van der Waals surface area contributed by atoms with Gasteiger partial charge in [0.15, 0.2) is 5.96 Å². The summed E-state index contributed by atoms with van der Waals surface area (Å²) in [7, 11) is -1.98. The van der Waals surface area contributed by atoms with Crippen LogP contribution in [-0.4, -0.2) is 38.0 Å². The standard InChI is InChI=1S/C21H21Cl2N5O4S2/c1-11-17(18(27-33-11)13-4-6-14(32-2)7-5-13)20(29)26-21(24)25-10-12-8-15(22)19(16(23)9-12)28-34(3,30)31/h4-9,28H,10H2,1-3H3,(H3,24,25,26,29). The maximum absolute atomic E-state index is 12.9. The predicted molar refractivity (Wildman–Crippen MR) is 137 cm³/mol. The van der Waals surface area contributed by atoms with E-state index in [9.17, 15) is 13.2 Å². The average Bonchev–Trinajstić information content (AvgIpc) is 3.15. The molecule has 0 unspecified atom stereocenters. The SMILES string of the molecule is COc1ccc(-c2nsc(C)c2C(=O)NC(N)=NCc2cc(Cl)c(NS(C)(=O)=O)c(Cl)c2)cc1. The van der Waals surface area contributed by atoms with Crippen LogP contribution in [0.4, 0.5) is 5.69 Å². The number of benzene rings is 2. The van der Waals surface area contributed by atoms with Gasteiger partial charge in [0.05, 0.1) is 46.9 Å². The van der Waals surface area contributed by atoms with E-state index in [4.69, 9.17) is 33.7 Å². The van der Waals surface area contributed by atoms with Crippen molar-refractivity contribution in [1.29, 1.82) is 0 Å². The summed E-state index contributed by atoms with van der Waals surface area (Å²) >= 11 is 13.5. The molecule has 0 aliphatic heterocycles. The van der Waals surface area contributed by atoms with E-state index in [1.807, 2.05) is 12.1 Å². The highest BCUT2D eigenvalue weighted by Gasteiger charge is 2.20. The number of hydrogen-bond acceptors (Lipinski definition) is 7. The van der Waals surface area contributed by atoms with E-state index in [0.29, 0.717) is 22.6 Å². The van der Waals surface area contributed by atoms with E-state index in [2.05, 4.69) is 19.4 Å². The van der Waals surface area contributed by atoms with Gasteiger partial charge in [-0.1, -0.05) is 23.2 Å². The lowest BCUT2D eigenvalue weighted by molar-refractivity contribution is 0.0977. The third kappa shape index (κ3) is 6.38. The number of anilines is 1. The Bertz CT molecular complexity index is 1330. The van der Waals surface area contributed by atoms with Gasteiger partial charge < -0.3 is 10.5 Å². The van der Waals surface area contributed by atoms with Crippen LogP contribution in [0.5, 0.6) is 5.75 Å². The molecule has 0 saturated carbocycles. The molecule has 4 N–H and O–H groups in total. The molecule has 0 saturated heterocycles. The second-order valence-electron chi connectivity index (χ2n) is 7.16. The number of aromatic nitrogens is 1. The molecule has 0 spiro atoms. The van der Waals surface area contributed by atoms with Crippen LogP contribution < -0.4 is 20.5 Å². The third-order valence-electron chi connectivity index (χ3n) is 4.52. The highest BCUT2D eigenvalue weighted by molar-refractivity contribution is 7.92. The number of nitrogens with zero attached hydrogens (tertiary/aromatic N) is 2. The van der Waals surface area contributed by atoms with E-state index in [1.54, 1.807) is 26.2 Å². The van der Waals surface area contributed by atoms with E-state index in [1.165, 1.54) is 23.7 Å². The number of carbonyl (C=O) groups excluding carboxylic acids is 1. The molecule has 180 valence electrons. The van der Waals surface area contributed by atoms with Crippen LogP contribution in [0, 0.1) is 6.92 Å². The molecule has 13 heteroatoms. The second-order valence-corrected chi connectivity index (χ2v) is 10.7. The lowest BCUT2D eigenvalue weighted by atomic mass is 10.1. The summed E-state index contributed by atoms with van der Waals surface area (Å²) < 4.78 is 34.7. The first-order chi connectivity index (χ1) is 16.0. The maximum atomic E-state index is 12.9. The molecular weight excluding hydrogens is 521 g/mol. The van der Waals surface area contributed by atoms with Gasteiger partial charge in [-0.3, -0.25) is 14.8 Å². The molecule has 3 aromatic rings. The number of hydrogen-bond donors (Lipinski definition) is 3. The summed E-state index contributed by atoms with van der Waals surface area (Å²) in [6.07, 6.45) is 0.992. The normalized spacial score (nSPS) is 11.9. The summed E-state index contributed by atoms with van der Waals surface area (Å²) in [5.74, 6) is 0.141. The molecule has 3 rings (SSSR count). The minimum absolute atomic E-state index is 0.0525. The zero-order valence-corrected chi connectivity index (χ0v) is 21.5. The minimum atomic E-state index is -3.55. The van der Waals surface area contributed by atoms with Crippen molar-refractivity contribution in [2.45, 2.75) is 13.5 Å². The van der Waals surface area contributed by atoms with Crippen molar-refractivity contribution in [2.24, 2.45) is 10.7 Å². The number of ether oxygens (including phenoxy) is 1. The van der Waals surface area contributed by atoms with Crippen molar-refractivity contribution < 1.29 is 17.9 Å². The lowest BCUT2D eigenvalue weighted by Gasteiger charge is -2.11. The van der Waals surface area contributed by atoms with Crippen LogP contribution in [0.1, 0.15) is 20.8 Å². The molecule has 0 fully saturated rings. The van der Waals surface area contributed by atoms with Crippen molar-refractivity contribution in [3.8, 4) is 17.0 Å². The van der Waals surface area contributed by atoms with Gasteiger partial charge in [-0.05, 0) is 60.4 Å². The molecule has 9 nitrogen and oxygen atoms in total. The van der Waals surface area contributed by atoms with Crippen LogP contribution in [0.25, 0.3) is 11.3 Å². The minimum Gasteiger partial charge on any atom is -0.497 e. The number of aryl methyl sites for hydroxylation is 1. The maximum Gasteiger partial charge on any atom is 0.261 e. The van der Waals surface area contributed by atoms with Crippen LogP contribution in [0.15, 0.2) is 41.4 Å². The first kappa shape index (κ1) is 25.8. The van der Waals surface area contributed by atoms with Crippen molar-refractivity contribution in [3.05, 3.63) is 62.4 Å². The fraction of sp³-hybridized carbons (Fsp3) is 0.190. The number of carbonyl (C=O) groups is 1. The fourth-order valence-electron chi connectivity index (χ4n) is 2.98. The highest BCUT2D eigenvalue weighted by Crippen LogP contribution is 2.33. The van der Waals surface area contributed by atoms with E-state index >= 15 is 0 Å². The summed E-state index contributed by atoms with van der Waals surface area (Å²) in [5, 5.41) is 2.78. The number of rotatable bonds is 7. The Kier molecular flexibility index (Phi) is 8.03. The zero-order chi connectivity index (χ0) is 25.0. The van der Waals surface area contributed by atoms with E-state index in [-0.39, 0.29) is 28.2 Å². The number of amides is 1. The lowest BCUT2D eigenvalue weighted by Crippen LogP contribution is -2.37. The molecule has 0 bridgehead atoms. The van der Waals surface area contributed by atoms with E-state index in [0.717, 1.165) is 16.7 Å². The average molecular weight is 542 g/mol. The van der Waals surface area contributed by atoms with Gasteiger partial charge in [0.25, 0.3) is 5.91 Å². The Morgan fingerprint density at radius 1 is 1.21 bits per heavy atom. The van der Waals surface area contributed by atoms with Gasteiger partial charge in [0.1, 0.15) is 5.75 Å². The van der Waals surface area contributed by atoms with Gasteiger partial charge in [0, 0.05) is 10.4 Å². The Morgan fingerprint density at radius 3 is 2.38 bits per heavy atom. The second kappa shape index (κ2) is 10.6. The topological polar surface area (TPSA) is 136 Å². The molecule has 34 heavy (non-hydrogen) atoms. The number of nitrogens with one attached hydrogen (secondary N) is 2. The smallest absolute Gasteiger partial charge is 0.261 e.